The molecule has 2 aromatic rings. The number of para-hydroxylation sites is 2. The number of hydrogen-bond acceptors (Lipinski definition) is 3. The minimum atomic E-state index is 0.642. The fourth-order valence-electron chi connectivity index (χ4n) is 2.47. The summed E-state index contributed by atoms with van der Waals surface area (Å²) in [5, 5.41) is 6.65. The first-order valence-electron chi connectivity index (χ1n) is 8.64. The monoisotopic (exact) mass is 341 g/mol. The van der Waals surface area contributed by atoms with E-state index in [1.54, 1.807) is 7.05 Å². The molecule has 2 aromatic carbocycles. The van der Waals surface area contributed by atoms with Crippen LogP contribution in [0.2, 0.25) is 0 Å². The maximum absolute atomic E-state index is 5.66. The van der Waals surface area contributed by atoms with E-state index < -0.39 is 0 Å². The van der Waals surface area contributed by atoms with Gasteiger partial charge in [-0.2, -0.15) is 0 Å². The normalized spacial score (nSPS) is 10.0. The van der Waals surface area contributed by atoms with Crippen LogP contribution in [0, 0.1) is 0 Å². The Morgan fingerprint density at radius 2 is 1.24 bits per heavy atom. The van der Waals surface area contributed by atoms with Gasteiger partial charge in [0, 0.05) is 31.3 Å². The van der Waals surface area contributed by atoms with Gasteiger partial charge < -0.3 is 20.1 Å². The Bertz CT molecular complexity index is 631. The third-order valence-corrected chi connectivity index (χ3v) is 3.66. The van der Waals surface area contributed by atoms with Crippen LogP contribution in [0.25, 0.3) is 0 Å². The molecule has 25 heavy (non-hydrogen) atoms. The number of ether oxygens (including phenoxy) is 2. The lowest BCUT2D eigenvalue weighted by Crippen LogP contribution is -2.36. The number of nitrogens with one attached hydrogen (secondary N) is 2. The highest BCUT2D eigenvalue weighted by atomic mass is 16.5. The Morgan fingerprint density at radius 1 is 0.800 bits per heavy atom. The molecule has 0 saturated carbocycles. The summed E-state index contributed by atoms with van der Waals surface area (Å²) in [4.78, 5) is 4.28. The van der Waals surface area contributed by atoms with Crippen molar-refractivity contribution in [3.8, 4) is 11.5 Å². The summed E-state index contributed by atoms with van der Waals surface area (Å²) in [6, 6.07) is 16.0. The number of nitrogens with zero attached hydrogens (tertiary/aromatic N) is 1. The van der Waals surface area contributed by atoms with Crippen LogP contribution in [-0.4, -0.2) is 26.2 Å². The van der Waals surface area contributed by atoms with Gasteiger partial charge in [-0.1, -0.05) is 36.4 Å². The van der Waals surface area contributed by atoms with Crippen molar-refractivity contribution >= 4 is 5.96 Å². The third kappa shape index (κ3) is 5.71. The van der Waals surface area contributed by atoms with Crippen LogP contribution in [0.5, 0.6) is 11.5 Å². The minimum absolute atomic E-state index is 0.642. The summed E-state index contributed by atoms with van der Waals surface area (Å²) in [5.74, 6) is 2.53. The van der Waals surface area contributed by atoms with Crippen molar-refractivity contribution in [1.82, 2.24) is 10.6 Å². The predicted octanol–water partition coefficient (Wildman–Crippen LogP) is 3.35. The second-order valence-corrected chi connectivity index (χ2v) is 5.36. The maximum atomic E-state index is 5.66. The average Bonchev–Trinajstić information content (AvgIpc) is 2.64. The van der Waals surface area contributed by atoms with E-state index in [4.69, 9.17) is 9.47 Å². The molecule has 0 amide bonds. The molecule has 5 heteroatoms. The highest BCUT2D eigenvalue weighted by Crippen LogP contribution is 2.18. The van der Waals surface area contributed by atoms with Crippen LogP contribution in [0.3, 0.4) is 0 Å². The lowest BCUT2D eigenvalue weighted by molar-refractivity contribution is 0.336. The second-order valence-electron chi connectivity index (χ2n) is 5.36. The van der Waals surface area contributed by atoms with Crippen molar-refractivity contribution in [3.63, 3.8) is 0 Å². The number of guanidine groups is 1. The lowest BCUT2D eigenvalue weighted by atomic mass is 10.2. The molecule has 0 heterocycles. The Labute approximate surface area is 150 Å². The van der Waals surface area contributed by atoms with E-state index in [1.807, 2.05) is 50.2 Å². The Morgan fingerprint density at radius 3 is 1.64 bits per heavy atom. The van der Waals surface area contributed by atoms with Crippen LogP contribution in [-0.2, 0) is 13.1 Å². The fraction of sp³-hybridized carbons (Fsp3) is 0.350. The quantitative estimate of drug-likeness (QED) is 0.571. The molecule has 0 radical (unpaired) electrons. The van der Waals surface area contributed by atoms with Gasteiger partial charge in [0.2, 0.25) is 0 Å². The van der Waals surface area contributed by atoms with Crippen LogP contribution >= 0.6 is 0 Å². The molecule has 0 atom stereocenters. The molecular formula is C20H27N3O2. The van der Waals surface area contributed by atoms with Gasteiger partial charge in [0.1, 0.15) is 11.5 Å². The van der Waals surface area contributed by atoms with Crippen molar-refractivity contribution < 1.29 is 9.47 Å². The number of hydrogen-bond donors (Lipinski definition) is 2. The molecule has 0 saturated heterocycles. The van der Waals surface area contributed by atoms with Gasteiger partial charge in [0.15, 0.2) is 5.96 Å². The van der Waals surface area contributed by atoms with Crippen molar-refractivity contribution in [1.29, 1.82) is 0 Å². The van der Waals surface area contributed by atoms with E-state index in [2.05, 4.69) is 27.8 Å². The van der Waals surface area contributed by atoms with E-state index in [0.717, 1.165) is 28.6 Å². The number of benzene rings is 2. The molecule has 0 fully saturated rings. The first kappa shape index (κ1) is 18.6. The third-order valence-electron chi connectivity index (χ3n) is 3.66. The van der Waals surface area contributed by atoms with E-state index in [-0.39, 0.29) is 0 Å². The van der Waals surface area contributed by atoms with Gasteiger partial charge in [0.25, 0.3) is 0 Å². The Kier molecular flexibility index (Phi) is 7.63. The summed E-state index contributed by atoms with van der Waals surface area (Å²) in [7, 11) is 1.76. The van der Waals surface area contributed by atoms with Crippen LogP contribution in [0.4, 0.5) is 0 Å². The average molecular weight is 341 g/mol. The summed E-state index contributed by atoms with van der Waals surface area (Å²) >= 11 is 0. The number of aliphatic imine (C=N–C) groups is 1. The zero-order chi connectivity index (χ0) is 17.9. The zero-order valence-electron chi connectivity index (χ0n) is 15.2. The standard InChI is InChI=1S/C20H27N3O2/c1-4-24-18-12-8-6-10-16(18)14-22-20(21-3)23-15-17-11-7-9-13-19(17)25-5-2/h6-13H,4-5,14-15H2,1-3H3,(H2,21,22,23). The molecule has 0 unspecified atom stereocenters. The van der Waals surface area contributed by atoms with Gasteiger partial charge in [-0.05, 0) is 26.0 Å². The summed E-state index contributed by atoms with van der Waals surface area (Å²) < 4.78 is 11.3. The summed E-state index contributed by atoms with van der Waals surface area (Å²) in [5.41, 5.74) is 2.20. The molecule has 0 aliphatic rings. The molecule has 0 spiro atoms. The zero-order valence-corrected chi connectivity index (χ0v) is 15.2. The topological polar surface area (TPSA) is 54.9 Å². The second kappa shape index (κ2) is 10.2. The van der Waals surface area contributed by atoms with Crippen LogP contribution in [0.15, 0.2) is 53.5 Å². The number of rotatable bonds is 8. The summed E-state index contributed by atoms with van der Waals surface area (Å²) in [6.45, 7) is 6.56. The largest absolute Gasteiger partial charge is 0.494 e. The molecule has 134 valence electrons. The molecular weight excluding hydrogens is 314 g/mol. The molecule has 0 aromatic heterocycles. The predicted molar refractivity (Wildman–Crippen MR) is 102 cm³/mol. The molecule has 5 nitrogen and oxygen atoms in total. The van der Waals surface area contributed by atoms with Gasteiger partial charge in [-0.25, -0.2) is 0 Å². The van der Waals surface area contributed by atoms with Gasteiger partial charge in [-0.3, -0.25) is 4.99 Å². The molecule has 0 bridgehead atoms. The molecule has 0 aliphatic heterocycles. The molecule has 0 aliphatic carbocycles. The van der Waals surface area contributed by atoms with Crippen molar-refractivity contribution in [2.75, 3.05) is 20.3 Å². The lowest BCUT2D eigenvalue weighted by Gasteiger charge is -2.15. The minimum Gasteiger partial charge on any atom is -0.494 e. The van der Waals surface area contributed by atoms with Crippen molar-refractivity contribution in [2.24, 2.45) is 4.99 Å². The fourth-order valence-corrected chi connectivity index (χ4v) is 2.47. The maximum Gasteiger partial charge on any atom is 0.191 e. The van der Waals surface area contributed by atoms with Crippen molar-refractivity contribution in [2.45, 2.75) is 26.9 Å². The van der Waals surface area contributed by atoms with E-state index >= 15 is 0 Å². The van der Waals surface area contributed by atoms with Gasteiger partial charge >= 0.3 is 0 Å². The van der Waals surface area contributed by atoms with Crippen LogP contribution in [0.1, 0.15) is 25.0 Å². The molecule has 2 rings (SSSR count). The first-order valence-corrected chi connectivity index (χ1v) is 8.64. The highest BCUT2D eigenvalue weighted by Gasteiger charge is 2.06. The summed E-state index contributed by atoms with van der Waals surface area (Å²) in [6.07, 6.45) is 0. The smallest absolute Gasteiger partial charge is 0.191 e. The Balaban J connectivity index is 1.94. The van der Waals surface area contributed by atoms with Crippen molar-refractivity contribution in [3.05, 3.63) is 59.7 Å². The van der Waals surface area contributed by atoms with Crippen LogP contribution < -0.4 is 20.1 Å². The van der Waals surface area contributed by atoms with E-state index in [0.29, 0.717) is 26.3 Å². The van der Waals surface area contributed by atoms with E-state index in [1.165, 1.54) is 0 Å². The van der Waals surface area contributed by atoms with Gasteiger partial charge in [-0.15, -0.1) is 0 Å². The van der Waals surface area contributed by atoms with E-state index in [9.17, 15) is 0 Å². The van der Waals surface area contributed by atoms with Gasteiger partial charge in [0.05, 0.1) is 13.2 Å². The molecule has 2 N–H and O–H groups in total. The first-order chi connectivity index (χ1) is 12.3. The highest BCUT2D eigenvalue weighted by molar-refractivity contribution is 5.79. The SMILES string of the molecule is CCOc1ccccc1CNC(=NC)NCc1ccccc1OCC. The Hall–Kier alpha value is -2.69.